The highest BCUT2D eigenvalue weighted by Gasteiger charge is 2.59. The van der Waals surface area contributed by atoms with Gasteiger partial charge in [0.25, 0.3) is 0 Å². The summed E-state index contributed by atoms with van der Waals surface area (Å²) in [5.41, 5.74) is 2.88. The number of guanidine groups is 1. The van der Waals surface area contributed by atoms with Crippen LogP contribution in [0.1, 0.15) is 37.3 Å². The number of likely N-dealkylation sites (tertiary alicyclic amines) is 1. The number of nitrogens with zero attached hydrogens (tertiary/aromatic N) is 2. The number of aryl methyl sites for hydroxylation is 1. The van der Waals surface area contributed by atoms with Crippen molar-refractivity contribution in [1.82, 2.24) is 15.5 Å². The van der Waals surface area contributed by atoms with Crippen molar-refractivity contribution < 1.29 is 9.59 Å². The maximum Gasteiger partial charge on any atom is 0.233 e. The van der Waals surface area contributed by atoms with Crippen LogP contribution in [0.25, 0.3) is 0 Å². The van der Waals surface area contributed by atoms with Gasteiger partial charge >= 0.3 is 0 Å². The van der Waals surface area contributed by atoms with Gasteiger partial charge in [-0.15, -0.1) is 24.0 Å². The molecular weight excluding hydrogens is 515 g/mol. The molecular formula is C25H33IN4O2. The molecule has 1 heterocycles. The normalized spacial score (nSPS) is 29.2. The number of imide groups is 1. The zero-order valence-electron chi connectivity index (χ0n) is 18.8. The zero-order chi connectivity index (χ0) is 21.6. The van der Waals surface area contributed by atoms with E-state index in [1.54, 1.807) is 0 Å². The number of aliphatic imine (C=N–C) groups is 1. The van der Waals surface area contributed by atoms with Gasteiger partial charge in [0, 0.05) is 25.0 Å². The van der Waals surface area contributed by atoms with Gasteiger partial charge in [0.05, 0.1) is 18.4 Å². The maximum absolute atomic E-state index is 12.8. The highest BCUT2D eigenvalue weighted by molar-refractivity contribution is 14.0. The number of fused-ring (bicyclic) bond motifs is 5. The van der Waals surface area contributed by atoms with Crippen LogP contribution in [-0.2, 0) is 15.0 Å². The smallest absolute Gasteiger partial charge is 0.233 e. The second kappa shape index (κ2) is 9.15. The van der Waals surface area contributed by atoms with Crippen LogP contribution in [0, 0.1) is 30.6 Å². The van der Waals surface area contributed by atoms with Gasteiger partial charge in [-0.2, -0.15) is 0 Å². The molecule has 5 rings (SSSR count). The predicted molar refractivity (Wildman–Crippen MR) is 136 cm³/mol. The summed E-state index contributed by atoms with van der Waals surface area (Å²) in [5, 5.41) is 6.64. The SMILES string of the molecule is CCNC(=NCC1(c2ccccc2C)CC1)NCCN1C(=O)C2C3C=CC(C3)C2C1=O.I. The van der Waals surface area contributed by atoms with Crippen molar-refractivity contribution in [3.8, 4) is 0 Å². The van der Waals surface area contributed by atoms with E-state index in [1.165, 1.54) is 16.0 Å². The number of nitrogens with one attached hydrogen (secondary N) is 2. The average molecular weight is 548 g/mol. The third-order valence-corrected chi connectivity index (χ3v) is 7.64. The van der Waals surface area contributed by atoms with E-state index in [9.17, 15) is 9.59 Å². The molecule has 2 bridgehead atoms. The predicted octanol–water partition coefficient (Wildman–Crippen LogP) is 3.01. The molecule has 32 heavy (non-hydrogen) atoms. The fourth-order valence-electron chi connectivity index (χ4n) is 5.87. The lowest BCUT2D eigenvalue weighted by atomic mass is 9.85. The molecule has 1 aliphatic heterocycles. The Balaban J connectivity index is 0.00000245. The lowest BCUT2D eigenvalue weighted by Crippen LogP contribution is -2.44. The monoisotopic (exact) mass is 548 g/mol. The molecule has 1 aromatic carbocycles. The van der Waals surface area contributed by atoms with Crippen molar-refractivity contribution in [2.45, 2.75) is 38.5 Å². The minimum atomic E-state index is -0.117. The molecule has 6 nitrogen and oxygen atoms in total. The first-order valence-electron chi connectivity index (χ1n) is 11.7. The molecule has 7 heteroatoms. The summed E-state index contributed by atoms with van der Waals surface area (Å²) in [6, 6.07) is 8.59. The molecule has 1 saturated heterocycles. The van der Waals surface area contributed by atoms with Gasteiger partial charge in [0.15, 0.2) is 5.96 Å². The van der Waals surface area contributed by atoms with Crippen LogP contribution in [0.4, 0.5) is 0 Å². The van der Waals surface area contributed by atoms with E-state index in [0.717, 1.165) is 38.3 Å². The molecule has 2 saturated carbocycles. The number of benzene rings is 1. The van der Waals surface area contributed by atoms with Crippen LogP contribution in [0.15, 0.2) is 41.4 Å². The topological polar surface area (TPSA) is 73.8 Å². The third-order valence-electron chi connectivity index (χ3n) is 7.64. The van der Waals surface area contributed by atoms with Crippen LogP contribution in [0.5, 0.6) is 0 Å². The number of hydrogen-bond acceptors (Lipinski definition) is 3. The van der Waals surface area contributed by atoms with Crippen molar-refractivity contribution in [2.75, 3.05) is 26.2 Å². The summed E-state index contributed by atoms with van der Waals surface area (Å²) in [6.45, 7) is 6.64. The molecule has 4 unspecified atom stereocenters. The third kappa shape index (κ3) is 3.97. The largest absolute Gasteiger partial charge is 0.357 e. The standard InChI is InChI=1S/C25H32N4O2.HI/c1-3-26-24(28-15-25(10-11-25)19-7-5-4-6-16(19)2)27-12-13-29-22(30)20-17-8-9-18(14-17)21(20)23(29)31;/h4-9,17-18,20-21H,3,10-15H2,1-2H3,(H2,26,27,28);1H. The van der Waals surface area contributed by atoms with Gasteiger partial charge in [0.1, 0.15) is 0 Å². The zero-order valence-corrected chi connectivity index (χ0v) is 21.2. The van der Waals surface area contributed by atoms with Gasteiger partial charge < -0.3 is 10.6 Å². The van der Waals surface area contributed by atoms with Crippen LogP contribution >= 0.6 is 24.0 Å². The van der Waals surface area contributed by atoms with E-state index < -0.39 is 0 Å². The summed E-state index contributed by atoms with van der Waals surface area (Å²) in [4.78, 5) is 32.0. The Morgan fingerprint density at radius 2 is 1.75 bits per heavy atom. The van der Waals surface area contributed by atoms with Crippen LogP contribution in [0.2, 0.25) is 0 Å². The number of halogens is 1. The number of amides is 2. The maximum atomic E-state index is 12.8. The van der Waals surface area contributed by atoms with Crippen molar-refractivity contribution in [2.24, 2.45) is 28.7 Å². The Morgan fingerprint density at radius 1 is 1.09 bits per heavy atom. The van der Waals surface area contributed by atoms with Crippen molar-refractivity contribution in [3.05, 3.63) is 47.5 Å². The number of carbonyl (C=O) groups excluding carboxylic acids is 2. The number of allylic oxidation sites excluding steroid dienone is 2. The van der Waals surface area contributed by atoms with Gasteiger partial charge in [-0.1, -0.05) is 36.4 Å². The number of hydrogen-bond donors (Lipinski definition) is 2. The number of carbonyl (C=O) groups is 2. The van der Waals surface area contributed by atoms with Gasteiger partial charge in [-0.05, 0) is 56.1 Å². The van der Waals surface area contributed by atoms with Crippen LogP contribution in [-0.4, -0.2) is 48.9 Å². The van der Waals surface area contributed by atoms with Crippen molar-refractivity contribution in [3.63, 3.8) is 0 Å². The van der Waals surface area contributed by atoms with Crippen molar-refractivity contribution >= 4 is 41.8 Å². The highest BCUT2D eigenvalue weighted by atomic mass is 127. The summed E-state index contributed by atoms with van der Waals surface area (Å²) >= 11 is 0. The molecule has 3 fully saturated rings. The van der Waals surface area contributed by atoms with E-state index >= 15 is 0 Å². The fourth-order valence-corrected chi connectivity index (χ4v) is 5.87. The Kier molecular flexibility index (Phi) is 6.66. The quantitative estimate of drug-likeness (QED) is 0.181. The van der Waals surface area contributed by atoms with Gasteiger partial charge in [-0.3, -0.25) is 19.5 Å². The summed E-state index contributed by atoms with van der Waals surface area (Å²) in [7, 11) is 0. The van der Waals surface area contributed by atoms with E-state index in [1.807, 2.05) is 6.92 Å². The molecule has 1 aromatic rings. The molecule has 2 amide bonds. The van der Waals surface area contributed by atoms with Gasteiger partial charge in [-0.25, -0.2) is 0 Å². The molecule has 4 atom stereocenters. The first kappa shape index (κ1) is 23.3. The summed E-state index contributed by atoms with van der Waals surface area (Å²) in [5.74, 6) is 1.09. The van der Waals surface area contributed by atoms with Gasteiger partial charge in [0.2, 0.25) is 11.8 Å². The lowest BCUT2D eigenvalue weighted by Gasteiger charge is -2.20. The Hall–Kier alpha value is -1.90. The van der Waals surface area contributed by atoms with E-state index in [2.05, 4.69) is 54.0 Å². The Bertz CT molecular complexity index is 925. The minimum absolute atomic E-state index is 0. The second-order valence-corrected chi connectivity index (χ2v) is 9.55. The molecule has 0 spiro atoms. The van der Waals surface area contributed by atoms with E-state index in [-0.39, 0.29) is 64.9 Å². The molecule has 4 aliphatic rings. The molecule has 172 valence electrons. The van der Waals surface area contributed by atoms with Crippen molar-refractivity contribution in [1.29, 1.82) is 0 Å². The Labute approximate surface area is 207 Å². The molecule has 0 radical (unpaired) electrons. The van der Waals surface area contributed by atoms with E-state index in [0.29, 0.717) is 13.1 Å². The molecule has 2 N–H and O–H groups in total. The fraction of sp³-hybridized carbons (Fsp3) is 0.560. The average Bonchev–Trinajstić information content (AvgIpc) is 3.14. The van der Waals surface area contributed by atoms with Crippen LogP contribution < -0.4 is 10.6 Å². The first-order valence-corrected chi connectivity index (χ1v) is 11.7. The minimum Gasteiger partial charge on any atom is -0.357 e. The summed E-state index contributed by atoms with van der Waals surface area (Å²) < 4.78 is 0. The first-order chi connectivity index (χ1) is 15.0. The Morgan fingerprint density at radius 3 is 2.34 bits per heavy atom. The lowest BCUT2D eigenvalue weighted by molar-refractivity contribution is -0.140. The highest BCUT2D eigenvalue weighted by Crippen LogP contribution is 2.52. The molecule has 3 aliphatic carbocycles. The van der Waals surface area contributed by atoms with E-state index in [4.69, 9.17) is 4.99 Å². The molecule has 0 aromatic heterocycles. The second-order valence-electron chi connectivity index (χ2n) is 9.55. The summed E-state index contributed by atoms with van der Waals surface area (Å²) in [6.07, 6.45) is 7.57. The number of rotatable bonds is 7. The van der Waals surface area contributed by atoms with Crippen LogP contribution in [0.3, 0.4) is 0 Å².